The number of fused-ring (bicyclic) bond motifs is 3. The molecule has 126 valence electrons. The van der Waals surface area contributed by atoms with E-state index in [1.807, 2.05) is 6.92 Å². The SMILES string of the molecule is C=CCCOC(=O)C1=CO[C@@H](OC(=O)NC)[C@@H]2[C@@H]1C[C@@H]1O[C@]21C. The lowest BCUT2D eigenvalue weighted by atomic mass is 9.82. The monoisotopic (exact) mass is 323 g/mol. The van der Waals surface area contributed by atoms with E-state index < -0.39 is 24.0 Å². The van der Waals surface area contributed by atoms with Gasteiger partial charge in [0.15, 0.2) is 0 Å². The van der Waals surface area contributed by atoms with Crippen LogP contribution in [-0.4, -0.2) is 43.7 Å². The van der Waals surface area contributed by atoms with Crippen molar-refractivity contribution in [1.82, 2.24) is 5.32 Å². The molecule has 7 nitrogen and oxygen atoms in total. The standard InChI is InChI=1S/C16H21NO6/c1-4-5-6-20-13(18)10-8-21-14(22-15(19)17-3)12-9(10)7-11-16(12,2)23-11/h4,8-9,11-12,14H,1,5-7H2,2-3H3,(H,17,19)/t9-,11+,12+,14+,16+/m1/s1. The summed E-state index contributed by atoms with van der Waals surface area (Å²) in [6.07, 6.45) is 3.04. The van der Waals surface area contributed by atoms with E-state index in [1.165, 1.54) is 13.3 Å². The van der Waals surface area contributed by atoms with Gasteiger partial charge in [-0.3, -0.25) is 0 Å². The van der Waals surface area contributed by atoms with Crippen LogP contribution in [0.5, 0.6) is 0 Å². The lowest BCUT2D eigenvalue weighted by Crippen LogP contribution is -2.44. The van der Waals surface area contributed by atoms with Crippen LogP contribution < -0.4 is 5.32 Å². The molecule has 0 aromatic carbocycles. The first-order valence-corrected chi connectivity index (χ1v) is 7.71. The Hall–Kier alpha value is -2.02. The zero-order valence-electron chi connectivity index (χ0n) is 13.2. The summed E-state index contributed by atoms with van der Waals surface area (Å²) in [6, 6.07) is 0. The maximum Gasteiger partial charge on any atom is 0.409 e. The largest absolute Gasteiger partial charge is 0.462 e. The van der Waals surface area contributed by atoms with Gasteiger partial charge in [0.2, 0.25) is 0 Å². The molecule has 1 aliphatic carbocycles. The van der Waals surface area contributed by atoms with Crippen molar-refractivity contribution in [1.29, 1.82) is 0 Å². The summed E-state index contributed by atoms with van der Waals surface area (Å²) in [7, 11) is 1.48. The van der Waals surface area contributed by atoms with Crippen LogP contribution in [0, 0.1) is 11.8 Å². The molecule has 1 saturated heterocycles. The van der Waals surface area contributed by atoms with E-state index in [0.717, 1.165) is 0 Å². The summed E-state index contributed by atoms with van der Waals surface area (Å²) in [5.41, 5.74) is 0.0532. The maximum absolute atomic E-state index is 12.3. The van der Waals surface area contributed by atoms with Gasteiger partial charge in [-0.15, -0.1) is 6.58 Å². The average molecular weight is 323 g/mol. The van der Waals surface area contributed by atoms with Crippen molar-refractivity contribution < 1.29 is 28.5 Å². The normalized spacial score (nSPS) is 36.7. The van der Waals surface area contributed by atoms with Gasteiger partial charge in [0.05, 0.1) is 30.5 Å². The molecule has 5 atom stereocenters. The number of esters is 1. The van der Waals surface area contributed by atoms with E-state index in [4.69, 9.17) is 18.9 Å². The number of ether oxygens (including phenoxy) is 4. The molecule has 23 heavy (non-hydrogen) atoms. The van der Waals surface area contributed by atoms with Crippen molar-refractivity contribution in [3.05, 3.63) is 24.5 Å². The number of carbonyl (C=O) groups excluding carboxylic acids is 2. The number of amides is 1. The van der Waals surface area contributed by atoms with E-state index in [-0.39, 0.29) is 24.5 Å². The maximum atomic E-state index is 12.3. The second-order valence-corrected chi connectivity index (χ2v) is 6.10. The smallest absolute Gasteiger partial charge is 0.409 e. The van der Waals surface area contributed by atoms with Crippen LogP contribution >= 0.6 is 0 Å². The molecule has 7 heteroatoms. The number of hydrogen-bond acceptors (Lipinski definition) is 6. The topological polar surface area (TPSA) is 86.4 Å². The molecular formula is C16H21NO6. The molecular weight excluding hydrogens is 302 g/mol. The Kier molecular flexibility index (Phi) is 4.06. The van der Waals surface area contributed by atoms with Crippen molar-refractivity contribution in [3.63, 3.8) is 0 Å². The van der Waals surface area contributed by atoms with E-state index in [0.29, 0.717) is 18.4 Å². The van der Waals surface area contributed by atoms with E-state index in [2.05, 4.69) is 11.9 Å². The van der Waals surface area contributed by atoms with Crippen LogP contribution in [0.4, 0.5) is 4.79 Å². The molecule has 2 fully saturated rings. The first-order valence-electron chi connectivity index (χ1n) is 7.71. The Balaban J connectivity index is 1.75. The second kappa shape index (κ2) is 5.88. The Morgan fingerprint density at radius 2 is 2.35 bits per heavy atom. The Morgan fingerprint density at radius 3 is 3.04 bits per heavy atom. The minimum Gasteiger partial charge on any atom is -0.462 e. The molecule has 3 rings (SSSR count). The van der Waals surface area contributed by atoms with Crippen LogP contribution in [0.3, 0.4) is 0 Å². The van der Waals surface area contributed by atoms with Crippen LogP contribution in [0.2, 0.25) is 0 Å². The highest BCUT2D eigenvalue weighted by Crippen LogP contribution is 2.61. The lowest BCUT2D eigenvalue weighted by Gasteiger charge is -2.35. The summed E-state index contributed by atoms with van der Waals surface area (Å²) >= 11 is 0. The lowest BCUT2D eigenvalue weighted by molar-refractivity contribution is -0.151. The number of hydrogen-bond donors (Lipinski definition) is 1. The highest BCUT2D eigenvalue weighted by Gasteiger charge is 2.71. The number of rotatable bonds is 5. The highest BCUT2D eigenvalue weighted by atomic mass is 16.7. The van der Waals surface area contributed by atoms with Crippen LogP contribution in [0.1, 0.15) is 19.8 Å². The third-order valence-corrected chi connectivity index (χ3v) is 4.78. The third-order valence-electron chi connectivity index (χ3n) is 4.78. The fourth-order valence-corrected chi connectivity index (χ4v) is 3.50. The van der Waals surface area contributed by atoms with Crippen molar-refractivity contribution in [2.75, 3.05) is 13.7 Å². The van der Waals surface area contributed by atoms with Gasteiger partial charge in [-0.05, 0) is 19.8 Å². The Bertz CT molecular complexity index is 559. The molecule has 0 spiro atoms. The van der Waals surface area contributed by atoms with Gasteiger partial charge >= 0.3 is 12.1 Å². The number of alkyl carbamates (subject to hydrolysis) is 1. The molecule has 3 aliphatic rings. The van der Waals surface area contributed by atoms with Crippen molar-refractivity contribution in [3.8, 4) is 0 Å². The molecule has 0 unspecified atom stereocenters. The summed E-state index contributed by atoms with van der Waals surface area (Å²) in [4.78, 5) is 23.8. The summed E-state index contributed by atoms with van der Waals surface area (Å²) in [6.45, 7) is 5.83. The molecule has 0 aromatic heterocycles. The number of nitrogens with one attached hydrogen (secondary N) is 1. The number of epoxide rings is 1. The van der Waals surface area contributed by atoms with Crippen molar-refractivity contribution >= 4 is 12.1 Å². The molecule has 1 saturated carbocycles. The Labute approximate surface area is 134 Å². The fourth-order valence-electron chi connectivity index (χ4n) is 3.50. The van der Waals surface area contributed by atoms with Gasteiger partial charge in [-0.2, -0.15) is 0 Å². The zero-order valence-corrected chi connectivity index (χ0v) is 13.2. The summed E-state index contributed by atoms with van der Waals surface area (Å²) in [5, 5.41) is 2.40. The van der Waals surface area contributed by atoms with E-state index in [9.17, 15) is 9.59 Å². The van der Waals surface area contributed by atoms with Gasteiger partial charge in [-0.25, -0.2) is 9.59 Å². The summed E-state index contributed by atoms with van der Waals surface area (Å²) in [5.74, 6) is -0.722. The molecule has 0 aromatic rings. The summed E-state index contributed by atoms with van der Waals surface area (Å²) < 4.78 is 21.7. The van der Waals surface area contributed by atoms with Gasteiger partial charge < -0.3 is 24.3 Å². The van der Waals surface area contributed by atoms with Crippen LogP contribution in [0.15, 0.2) is 24.5 Å². The molecule has 2 heterocycles. The van der Waals surface area contributed by atoms with Crippen LogP contribution in [0.25, 0.3) is 0 Å². The van der Waals surface area contributed by atoms with Crippen molar-refractivity contribution in [2.45, 2.75) is 37.8 Å². The average Bonchev–Trinajstić information content (AvgIpc) is 3.08. The van der Waals surface area contributed by atoms with Crippen LogP contribution in [-0.2, 0) is 23.7 Å². The van der Waals surface area contributed by atoms with Gasteiger partial charge in [0.25, 0.3) is 6.29 Å². The van der Waals surface area contributed by atoms with Gasteiger partial charge in [0, 0.05) is 13.0 Å². The molecule has 0 bridgehead atoms. The minimum absolute atomic E-state index is 0.0550. The Morgan fingerprint density at radius 1 is 1.57 bits per heavy atom. The quantitative estimate of drug-likeness (QED) is 0.357. The molecule has 1 amide bonds. The zero-order chi connectivity index (χ0) is 16.6. The predicted octanol–water partition coefficient (Wildman–Crippen LogP) is 1.50. The molecule has 0 radical (unpaired) electrons. The highest BCUT2D eigenvalue weighted by molar-refractivity contribution is 5.89. The second-order valence-electron chi connectivity index (χ2n) is 6.10. The predicted molar refractivity (Wildman–Crippen MR) is 79.1 cm³/mol. The van der Waals surface area contributed by atoms with Gasteiger partial charge in [0.1, 0.15) is 5.60 Å². The van der Waals surface area contributed by atoms with E-state index >= 15 is 0 Å². The number of carbonyl (C=O) groups is 2. The van der Waals surface area contributed by atoms with E-state index in [1.54, 1.807) is 6.08 Å². The third kappa shape index (κ3) is 2.69. The molecule has 2 aliphatic heterocycles. The van der Waals surface area contributed by atoms with Crippen molar-refractivity contribution in [2.24, 2.45) is 11.8 Å². The van der Waals surface area contributed by atoms with Gasteiger partial charge in [-0.1, -0.05) is 6.08 Å². The molecule has 1 N–H and O–H groups in total. The fraction of sp³-hybridized carbons (Fsp3) is 0.625. The first-order chi connectivity index (χ1) is 11.0. The first kappa shape index (κ1) is 15.9. The minimum atomic E-state index is -0.776.